The third kappa shape index (κ3) is 2.48. The van der Waals surface area contributed by atoms with Gasteiger partial charge in [0.25, 0.3) is 5.92 Å². The van der Waals surface area contributed by atoms with E-state index in [1.165, 1.54) is 12.1 Å². The zero-order chi connectivity index (χ0) is 10.1. The van der Waals surface area contributed by atoms with E-state index in [2.05, 4.69) is 0 Å². The first-order chi connectivity index (χ1) is 5.91. The molecule has 1 aromatic carbocycles. The molecule has 0 bridgehead atoms. The maximum atomic E-state index is 12.6. The molecule has 0 aromatic heterocycles. The molecule has 0 saturated heterocycles. The maximum Gasteiger partial charge on any atom is 0.270 e. The molecule has 72 valence electrons. The van der Waals surface area contributed by atoms with Crippen molar-refractivity contribution in [2.24, 2.45) is 0 Å². The average Bonchev–Trinajstić information content (AvgIpc) is 2.03. The molecule has 0 aliphatic heterocycles. The van der Waals surface area contributed by atoms with Crippen LogP contribution in [0.5, 0.6) is 0 Å². The lowest BCUT2D eigenvalue weighted by Crippen LogP contribution is -2.06. The minimum Gasteiger partial charge on any atom is -0.227 e. The van der Waals surface area contributed by atoms with Crippen molar-refractivity contribution in [2.45, 2.75) is 17.7 Å². The predicted octanol–water partition coefficient (Wildman–Crippen LogP) is 1.77. The van der Waals surface area contributed by atoms with Crippen LogP contribution in [0.1, 0.15) is 12.5 Å². The van der Waals surface area contributed by atoms with Gasteiger partial charge in [-0.15, -0.1) is 0 Å². The highest BCUT2D eigenvalue weighted by Gasteiger charge is 2.23. The van der Waals surface area contributed by atoms with Crippen LogP contribution >= 0.6 is 0 Å². The normalized spacial score (nSPS) is 12.0. The van der Waals surface area contributed by atoms with Crippen molar-refractivity contribution in [3.8, 4) is 0 Å². The standard InChI is InChI=1S/C8H8F2O2S/c1-8(9,10)6-2-4-7(5-3-6)13(11)12/h2-5,13H,1H3. The second kappa shape index (κ2) is 3.41. The van der Waals surface area contributed by atoms with Crippen LogP contribution in [0.4, 0.5) is 8.78 Å². The lowest BCUT2D eigenvalue weighted by Gasteiger charge is -2.09. The number of halogens is 2. The van der Waals surface area contributed by atoms with E-state index in [0.717, 1.165) is 19.1 Å². The zero-order valence-corrected chi connectivity index (χ0v) is 7.72. The SMILES string of the molecule is CC(F)(F)c1ccc([SH](=O)=O)cc1. The summed E-state index contributed by atoms with van der Waals surface area (Å²) in [7, 11) is -2.69. The Balaban J connectivity index is 3.08. The molecule has 0 saturated carbocycles. The van der Waals surface area contributed by atoms with Crippen molar-refractivity contribution < 1.29 is 17.2 Å². The number of alkyl halides is 2. The number of benzene rings is 1. The van der Waals surface area contributed by atoms with E-state index >= 15 is 0 Å². The zero-order valence-electron chi connectivity index (χ0n) is 6.83. The van der Waals surface area contributed by atoms with Gasteiger partial charge in [0.05, 0.1) is 4.90 Å². The Hall–Kier alpha value is -0.970. The van der Waals surface area contributed by atoms with Gasteiger partial charge in [0.15, 0.2) is 10.7 Å². The highest BCUT2D eigenvalue weighted by atomic mass is 32.2. The first-order valence-electron chi connectivity index (χ1n) is 3.54. The van der Waals surface area contributed by atoms with Crippen LogP contribution in [-0.2, 0) is 16.6 Å². The molecule has 0 atom stereocenters. The predicted molar refractivity (Wildman–Crippen MR) is 44.6 cm³/mol. The molecular formula is C8H8F2O2S. The van der Waals surface area contributed by atoms with Crippen LogP contribution in [0.15, 0.2) is 29.2 Å². The van der Waals surface area contributed by atoms with Gasteiger partial charge in [-0.2, -0.15) is 0 Å². The molecule has 13 heavy (non-hydrogen) atoms. The first-order valence-corrected chi connectivity index (χ1v) is 4.72. The molecule has 5 heteroatoms. The Morgan fingerprint density at radius 3 is 1.92 bits per heavy atom. The average molecular weight is 206 g/mol. The topological polar surface area (TPSA) is 34.1 Å². The molecule has 0 spiro atoms. The summed E-state index contributed by atoms with van der Waals surface area (Å²) >= 11 is 0. The van der Waals surface area contributed by atoms with Gasteiger partial charge < -0.3 is 0 Å². The second-order valence-corrected chi connectivity index (χ2v) is 3.72. The fraction of sp³-hybridized carbons (Fsp3) is 0.250. The van der Waals surface area contributed by atoms with Gasteiger partial charge >= 0.3 is 0 Å². The fourth-order valence-electron chi connectivity index (χ4n) is 0.876. The highest BCUT2D eigenvalue weighted by molar-refractivity contribution is 7.72. The summed E-state index contributed by atoms with van der Waals surface area (Å²) in [6.07, 6.45) is 0. The summed E-state index contributed by atoms with van der Waals surface area (Å²) in [6, 6.07) is 4.55. The lowest BCUT2D eigenvalue weighted by atomic mass is 10.1. The summed E-state index contributed by atoms with van der Waals surface area (Å²) in [6.45, 7) is 0.763. The quantitative estimate of drug-likeness (QED) is 0.748. The molecule has 0 aliphatic carbocycles. The van der Waals surface area contributed by atoms with Crippen LogP contribution in [0.3, 0.4) is 0 Å². The van der Waals surface area contributed by atoms with E-state index in [1.807, 2.05) is 0 Å². The molecule has 0 unspecified atom stereocenters. The van der Waals surface area contributed by atoms with E-state index in [1.54, 1.807) is 0 Å². The van der Waals surface area contributed by atoms with E-state index < -0.39 is 16.6 Å². The van der Waals surface area contributed by atoms with Gasteiger partial charge in [0.1, 0.15) is 0 Å². The van der Waals surface area contributed by atoms with Crippen molar-refractivity contribution >= 4 is 10.7 Å². The molecular weight excluding hydrogens is 198 g/mol. The summed E-state index contributed by atoms with van der Waals surface area (Å²) in [4.78, 5) is 0.0444. The minimum absolute atomic E-state index is 0.0444. The largest absolute Gasteiger partial charge is 0.270 e. The number of rotatable bonds is 2. The minimum atomic E-state index is -2.92. The second-order valence-electron chi connectivity index (χ2n) is 2.69. The van der Waals surface area contributed by atoms with Crippen LogP contribution in [0.25, 0.3) is 0 Å². The smallest absolute Gasteiger partial charge is 0.227 e. The summed E-state index contributed by atoms with van der Waals surface area (Å²) in [5, 5.41) is 0. The Kier molecular flexibility index (Phi) is 2.66. The van der Waals surface area contributed by atoms with Crippen molar-refractivity contribution in [3.63, 3.8) is 0 Å². The van der Waals surface area contributed by atoms with Crippen molar-refractivity contribution in [1.29, 1.82) is 0 Å². The molecule has 0 heterocycles. The van der Waals surface area contributed by atoms with Gasteiger partial charge in [-0.1, -0.05) is 12.1 Å². The van der Waals surface area contributed by atoms with E-state index in [-0.39, 0.29) is 10.5 Å². The van der Waals surface area contributed by atoms with Gasteiger partial charge in [-0.25, -0.2) is 17.2 Å². The molecule has 0 fully saturated rings. The summed E-state index contributed by atoms with van der Waals surface area (Å²) in [5.74, 6) is -2.92. The molecule has 0 radical (unpaired) electrons. The summed E-state index contributed by atoms with van der Waals surface area (Å²) in [5.41, 5.74) is -0.187. The molecule has 1 rings (SSSR count). The highest BCUT2D eigenvalue weighted by Crippen LogP contribution is 2.26. The molecule has 0 N–H and O–H groups in total. The number of thiol groups is 1. The Morgan fingerprint density at radius 2 is 1.62 bits per heavy atom. The molecule has 0 aliphatic rings. The lowest BCUT2D eigenvalue weighted by molar-refractivity contribution is 0.0174. The maximum absolute atomic E-state index is 12.6. The number of hydrogen-bond donors (Lipinski definition) is 1. The van der Waals surface area contributed by atoms with Crippen molar-refractivity contribution in [3.05, 3.63) is 29.8 Å². The van der Waals surface area contributed by atoms with E-state index in [4.69, 9.17) is 0 Å². The molecule has 2 nitrogen and oxygen atoms in total. The van der Waals surface area contributed by atoms with Crippen LogP contribution in [0, 0.1) is 0 Å². The fourth-order valence-corrected chi connectivity index (χ4v) is 1.27. The summed E-state index contributed by atoms with van der Waals surface area (Å²) < 4.78 is 46.1. The van der Waals surface area contributed by atoms with Crippen molar-refractivity contribution in [2.75, 3.05) is 0 Å². The molecule has 1 aromatic rings. The monoisotopic (exact) mass is 206 g/mol. The van der Waals surface area contributed by atoms with Gasteiger partial charge in [0, 0.05) is 12.5 Å². The molecule has 0 amide bonds. The van der Waals surface area contributed by atoms with Gasteiger partial charge in [0.2, 0.25) is 0 Å². The third-order valence-corrected chi connectivity index (χ3v) is 2.30. The third-order valence-electron chi connectivity index (χ3n) is 1.59. The van der Waals surface area contributed by atoms with E-state index in [0.29, 0.717) is 0 Å². The van der Waals surface area contributed by atoms with Gasteiger partial charge in [-0.05, 0) is 12.1 Å². The number of hydrogen-bond acceptors (Lipinski definition) is 2. The van der Waals surface area contributed by atoms with Crippen LogP contribution < -0.4 is 0 Å². The van der Waals surface area contributed by atoms with Crippen molar-refractivity contribution in [1.82, 2.24) is 0 Å². The Morgan fingerprint density at radius 1 is 1.15 bits per heavy atom. The first kappa shape index (κ1) is 10.1. The van der Waals surface area contributed by atoms with Crippen LogP contribution in [0.2, 0.25) is 0 Å². The van der Waals surface area contributed by atoms with Crippen LogP contribution in [-0.4, -0.2) is 8.42 Å². The Labute approximate surface area is 76.1 Å². The Bertz CT molecular complexity index is 355. The van der Waals surface area contributed by atoms with E-state index in [9.17, 15) is 17.2 Å². The van der Waals surface area contributed by atoms with Gasteiger partial charge in [-0.3, -0.25) is 0 Å².